The highest BCUT2D eigenvalue weighted by Gasteiger charge is 2.84. The fourth-order valence-electron chi connectivity index (χ4n) is 7.02. The van der Waals surface area contributed by atoms with Gasteiger partial charge in [-0.25, -0.2) is 14.3 Å². The van der Waals surface area contributed by atoms with Crippen LogP contribution in [0.4, 0.5) is 16.3 Å². The minimum absolute atomic E-state index is 0.0507. The Morgan fingerprint density at radius 3 is 2.47 bits per heavy atom. The molecular weight excluding hydrogens is 570 g/mol. The summed E-state index contributed by atoms with van der Waals surface area (Å²) in [4.78, 5) is 19.5. The topological polar surface area (TPSA) is 114 Å². The number of nitrogens with zero attached hydrogens (tertiary/aromatic N) is 4. The molecule has 5 atom stereocenters. The molecule has 1 spiro atoms. The van der Waals surface area contributed by atoms with Crippen molar-refractivity contribution in [1.29, 1.82) is 0 Å². The maximum Gasteiger partial charge on any atom is 0.319 e. The first-order chi connectivity index (χ1) is 21.2. The van der Waals surface area contributed by atoms with Gasteiger partial charge in [-0.15, -0.1) is 0 Å². The number of hydrogen-bond donors (Lipinski definition) is 3. The minimum atomic E-state index is -0.737. The third-order valence-corrected chi connectivity index (χ3v) is 9.04. The summed E-state index contributed by atoms with van der Waals surface area (Å²) in [7, 11) is 0. The Kier molecular flexibility index (Phi) is 8.12. The molecule has 2 aromatic heterocycles. The first-order valence-electron chi connectivity index (χ1n) is 16.2. The summed E-state index contributed by atoms with van der Waals surface area (Å²) < 4.78 is 22.0. The fourth-order valence-corrected chi connectivity index (χ4v) is 7.02. The van der Waals surface area contributed by atoms with Gasteiger partial charge in [0.25, 0.3) is 0 Å². The molecule has 3 fully saturated rings. The smallest absolute Gasteiger partial charge is 0.319 e. The SMILES string of the molecule is CC(C)Nc1ncnn2c(C3OC4C(N(CCCNC(=O)Nc5ccc(C(C)(C)C)cc5)C(C)C)C45OC(C)(C)OC35)ccc12. The molecule has 1 aliphatic carbocycles. The average Bonchev–Trinajstić information content (AvgIpc) is 3.23. The zero-order valence-corrected chi connectivity index (χ0v) is 28.0. The molecule has 2 amide bonds. The summed E-state index contributed by atoms with van der Waals surface area (Å²) >= 11 is 0. The molecule has 5 unspecified atom stereocenters. The second-order valence-corrected chi connectivity index (χ2v) is 14.7. The third kappa shape index (κ3) is 5.91. The molecule has 6 rings (SSSR count). The van der Waals surface area contributed by atoms with Gasteiger partial charge in [-0.2, -0.15) is 5.10 Å². The van der Waals surface area contributed by atoms with Crippen LogP contribution in [0.15, 0.2) is 42.7 Å². The van der Waals surface area contributed by atoms with Crippen molar-refractivity contribution in [2.75, 3.05) is 23.7 Å². The van der Waals surface area contributed by atoms with Crippen molar-refractivity contribution in [3.8, 4) is 0 Å². The van der Waals surface area contributed by atoms with Crippen molar-refractivity contribution in [1.82, 2.24) is 24.8 Å². The molecule has 4 heterocycles. The Labute approximate surface area is 266 Å². The first kappa shape index (κ1) is 31.7. The number of rotatable bonds is 10. The summed E-state index contributed by atoms with van der Waals surface area (Å²) in [6.07, 6.45) is 1.62. The molecule has 11 nitrogen and oxygen atoms in total. The summed E-state index contributed by atoms with van der Waals surface area (Å²) in [5.41, 5.74) is 3.33. The van der Waals surface area contributed by atoms with Crippen molar-refractivity contribution in [3.63, 3.8) is 0 Å². The molecule has 0 radical (unpaired) electrons. The maximum atomic E-state index is 12.6. The lowest BCUT2D eigenvalue weighted by Crippen LogP contribution is -2.44. The van der Waals surface area contributed by atoms with Crippen LogP contribution in [-0.4, -0.2) is 80.3 Å². The summed E-state index contributed by atoms with van der Waals surface area (Å²) in [5.74, 6) is 0.0528. The van der Waals surface area contributed by atoms with Crippen LogP contribution < -0.4 is 16.0 Å². The van der Waals surface area contributed by atoms with E-state index in [1.165, 1.54) is 5.56 Å². The van der Waals surface area contributed by atoms with Crippen molar-refractivity contribution in [2.24, 2.45) is 0 Å². The van der Waals surface area contributed by atoms with E-state index < -0.39 is 11.4 Å². The number of nitrogens with one attached hydrogen (secondary N) is 3. The number of hydrogen-bond acceptors (Lipinski definition) is 8. The molecule has 2 saturated heterocycles. The van der Waals surface area contributed by atoms with Crippen LogP contribution in [0.25, 0.3) is 5.52 Å². The molecule has 1 saturated carbocycles. The second-order valence-electron chi connectivity index (χ2n) is 14.7. The van der Waals surface area contributed by atoms with Crippen LogP contribution in [0, 0.1) is 0 Å². The number of carbonyl (C=O) groups excluding carboxylic acids is 1. The minimum Gasteiger partial charge on any atom is -0.366 e. The summed E-state index contributed by atoms with van der Waals surface area (Å²) in [6, 6.07) is 12.5. The number of amides is 2. The van der Waals surface area contributed by atoms with Crippen molar-refractivity contribution < 1.29 is 19.0 Å². The lowest BCUT2D eigenvalue weighted by atomic mass is 9.87. The number of urea groups is 1. The number of aromatic nitrogens is 3. The number of benzene rings is 1. The number of ether oxygens (including phenoxy) is 3. The zero-order chi connectivity index (χ0) is 32.3. The standard InChI is InChI=1S/C34H49N7O4/c1-20(2)38-30-25-16-15-24(41(25)37-19-36-30)26-28-34(45-33(8,9)44-28)27(29(34)43-26)40(21(3)4)18-10-17-35-31(42)39-23-13-11-22(12-14-23)32(5,6)7/h11-16,19-21,26-29H,10,17-18H2,1-9H3,(H2,35,39,42)(H,36,37,38). The number of carbonyl (C=O) groups is 1. The van der Waals surface area contributed by atoms with Crippen LogP contribution in [0.2, 0.25) is 0 Å². The van der Waals surface area contributed by atoms with Crippen LogP contribution in [0.1, 0.15) is 86.1 Å². The Morgan fingerprint density at radius 1 is 1.07 bits per heavy atom. The van der Waals surface area contributed by atoms with E-state index in [1.54, 1.807) is 6.33 Å². The number of anilines is 2. The van der Waals surface area contributed by atoms with Gasteiger partial charge in [0.2, 0.25) is 0 Å². The summed E-state index contributed by atoms with van der Waals surface area (Å²) in [6.45, 7) is 20.4. The summed E-state index contributed by atoms with van der Waals surface area (Å²) in [5, 5.41) is 13.9. The lowest BCUT2D eigenvalue weighted by Gasteiger charge is -2.31. The highest BCUT2D eigenvalue weighted by Crippen LogP contribution is 2.66. The van der Waals surface area contributed by atoms with Gasteiger partial charge in [0, 0.05) is 30.9 Å². The molecule has 3 aliphatic rings. The lowest BCUT2D eigenvalue weighted by molar-refractivity contribution is -0.176. The average molecular weight is 620 g/mol. The zero-order valence-electron chi connectivity index (χ0n) is 28.0. The van der Waals surface area contributed by atoms with Gasteiger partial charge >= 0.3 is 6.03 Å². The molecular formula is C34H49N7O4. The van der Waals surface area contributed by atoms with Gasteiger partial charge < -0.3 is 30.2 Å². The van der Waals surface area contributed by atoms with E-state index in [0.717, 1.165) is 35.7 Å². The first-order valence-corrected chi connectivity index (χ1v) is 16.2. The second kappa shape index (κ2) is 11.5. The highest BCUT2D eigenvalue weighted by molar-refractivity contribution is 5.89. The van der Waals surface area contributed by atoms with Crippen molar-refractivity contribution >= 4 is 23.1 Å². The fraction of sp³-hybridized carbons (Fsp3) is 0.618. The molecule has 244 valence electrons. The molecule has 45 heavy (non-hydrogen) atoms. The van der Waals surface area contributed by atoms with Crippen LogP contribution in [-0.2, 0) is 19.6 Å². The normalized spacial score (nSPS) is 26.8. The van der Waals surface area contributed by atoms with Gasteiger partial charge in [0.1, 0.15) is 35.8 Å². The molecule has 1 aromatic carbocycles. The predicted octanol–water partition coefficient (Wildman–Crippen LogP) is 5.48. The van der Waals surface area contributed by atoms with Gasteiger partial charge in [0.15, 0.2) is 11.6 Å². The monoisotopic (exact) mass is 619 g/mol. The van der Waals surface area contributed by atoms with Gasteiger partial charge in [-0.05, 0) is 83.2 Å². The van der Waals surface area contributed by atoms with E-state index in [-0.39, 0.29) is 47.9 Å². The Hall–Kier alpha value is -3.25. The maximum absolute atomic E-state index is 12.6. The largest absolute Gasteiger partial charge is 0.366 e. The van der Waals surface area contributed by atoms with Gasteiger partial charge in [0.05, 0.1) is 11.7 Å². The Morgan fingerprint density at radius 2 is 1.80 bits per heavy atom. The number of fused-ring (bicyclic) bond motifs is 1. The Bertz CT molecular complexity index is 1530. The molecule has 11 heteroatoms. The molecule has 2 aliphatic heterocycles. The van der Waals surface area contributed by atoms with Gasteiger partial charge in [-0.3, -0.25) is 4.90 Å². The quantitative estimate of drug-likeness (QED) is 0.256. The van der Waals surface area contributed by atoms with E-state index in [1.807, 2.05) is 36.6 Å². The van der Waals surface area contributed by atoms with Crippen LogP contribution >= 0.6 is 0 Å². The Balaban J connectivity index is 1.10. The molecule has 0 bridgehead atoms. The van der Waals surface area contributed by atoms with Gasteiger partial charge in [-0.1, -0.05) is 32.9 Å². The van der Waals surface area contributed by atoms with E-state index in [9.17, 15) is 4.79 Å². The van der Waals surface area contributed by atoms with Crippen LogP contribution in [0.5, 0.6) is 0 Å². The van der Waals surface area contributed by atoms with Crippen LogP contribution in [0.3, 0.4) is 0 Å². The molecule has 3 aromatic rings. The van der Waals surface area contributed by atoms with Crippen molar-refractivity contribution in [3.05, 3.63) is 54.0 Å². The molecule has 3 N–H and O–H groups in total. The predicted molar refractivity (Wildman–Crippen MR) is 175 cm³/mol. The van der Waals surface area contributed by atoms with E-state index >= 15 is 0 Å². The van der Waals surface area contributed by atoms with E-state index in [4.69, 9.17) is 14.2 Å². The van der Waals surface area contributed by atoms with Crippen molar-refractivity contribution in [2.45, 2.75) is 122 Å². The third-order valence-electron chi connectivity index (χ3n) is 9.04. The van der Waals surface area contributed by atoms with E-state index in [2.05, 4.69) is 97.6 Å². The highest BCUT2D eigenvalue weighted by atomic mass is 16.8. The van der Waals surface area contributed by atoms with E-state index in [0.29, 0.717) is 6.54 Å².